The van der Waals surface area contributed by atoms with Crippen molar-refractivity contribution >= 4 is 23.3 Å². The number of rotatable bonds is 7. The molecule has 1 N–H and O–H groups in total. The number of carbonyl (C=O) groups is 2. The Kier molecular flexibility index (Phi) is 6.73. The quantitative estimate of drug-likeness (QED) is 0.447. The number of hydrogen-bond donors (Lipinski definition) is 1. The molecule has 0 atom stereocenters. The van der Waals surface area contributed by atoms with Crippen LogP contribution in [0.3, 0.4) is 0 Å². The number of nitrogens with one attached hydrogen (secondary N) is 1. The van der Waals surface area contributed by atoms with E-state index in [0.29, 0.717) is 34.0 Å². The zero-order valence-electron chi connectivity index (χ0n) is 16.4. The molecule has 0 saturated carbocycles. The number of azo groups is 1. The fourth-order valence-corrected chi connectivity index (χ4v) is 2.40. The molecule has 0 aliphatic rings. The normalized spacial score (nSPS) is 10.5. The number of anilines is 1. The van der Waals surface area contributed by atoms with Crippen LogP contribution in [0.15, 0.2) is 83.0 Å². The van der Waals surface area contributed by atoms with Gasteiger partial charge in [0.25, 0.3) is 5.91 Å². The molecule has 0 aliphatic carbocycles. The van der Waals surface area contributed by atoms with Gasteiger partial charge in [0, 0.05) is 5.56 Å². The van der Waals surface area contributed by atoms with E-state index in [9.17, 15) is 9.59 Å². The number of amides is 1. The van der Waals surface area contributed by atoms with Gasteiger partial charge in [0.15, 0.2) is 0 Å². The van der Waals surface area contributed by atoms with Crippen molar-refractivity contribution in [2.24, 2.45) is 10.2 Å². The van der Waals surface area contributed by atoms with Gasteiger partial charge in [0.2, 0.25) is 0 Å². The van der Waals surface area contributed by atoms with Gasteiger partial charge in [-0.2, -0.15) is 0 Å². The maximum atomic E-state index is 12.1. The van der Waals surface area contributed by atoms with E-state index in [4.69, 9.17) is 14.3 Å². The molecule has 0 aliphatic heterocycles. The summed E-state index contributed by atoms with van der Waals surface area (Å²) in [6.07, 6.45) is 0. The Morgan fingerprint density at radius 2 is 1.50 bits per heavy atom. The molecule has 0 saturated heterocycles. The van der Waals surface area contributed by atoms with Crippen LogP contribution < -0.4 is 15.0 Å². The van der Waals surface area contributed by atoms with E-state index in [1.165, 1.54) is 7.11 Å². The molecule has 8 nitrogen and oxygen atoms in total. The minimum Gasteiger partial charge on any atom is -0.497 e. The zero-order valence-corrected chi connectivity index (χ0v) is 16.4. The highest BCUT2D eigenvalue weighted by atomic mass is 16.7. The fraction of sp³-hybridized carbons (Fsp3) is 0.0909. The smallest absolute Gasteiger partial charge is 0.362 e. The molecule has 3 rings (SSSR count). The molecule has 3 aromatic carbocycles. The van der Waals surface area contributed by atoms with Gasteiger partial charge in [0.1, 0.15) is 11.5 Å². The van der Waals surface area contributed by atoms with Gasteiger partial charge < -0.3 is 14.3 Å². The Hall–Kier alpha value is -4.20. The van der Waals surface area contributed by atoms with Gasteiger partial charge in [-0.25, -0.2) is 10.3 Å². The number of nitrogens with zero attached hydrogens (tertiary/aromatic N) is 2. The number of ether oxygens (including phenoxy) is 2. The Labute approximate surface area is 173 Å². The third kappa shape index (κ3) is 5.41. The lowest BCUT2D eigenvalue weighted by Crippen LogP contribution is -2.10. The predicted molar refractivity (Wildman–Crippen MR) is 110 cm³/mol. The topological polar surface area (TPSA) is 98.6 Å². The van der Waals surface area contributed by atoms with Gasteiger partial charge >= 0.3 is 5.97 Å². The van der Waals surface area contributed by atoms with E-state index in [1.54, 1.807) is 79.9 Å². The summed E-state index contributed by atoms with van der Waals surface area (Å²) in [5.74, 6) is 0.194. The lowest BCUT2D eigenvalue weighted by molar-refractivity contribution is 0.0596. The highest BCUT2D eigenvalue weighted by molar-refractivity contribution is 5.95. The summed E-state index contributed by atoms with van der Waals surface area (Å²) in [7, 11) is 3.07. The standard InChI is InChI=1S/C22H19N3O5/c1-28-19-12-6-15(7-13-19)22(27)30-25-18-10-8-17(9-11-18)23-24-21(26)16-4-3-5-20(14-16)29-2/h3-14,25H,1-2H3. The second kappa shape index (κ2) is 9.83. The molecule has 3 aromatic rings. The minimum absolute atomic E-state index is 0.377. The first-order chi connectivity index (χ1) is 14.6. The van der Waals surface area contributed by atoms with Crippen molar-refractivity contribution in [2.45, 2.75) is 0 Å². The molecule has 30 heavy (non-hydrogen) atoms. The number of benzene rings is 3. The van der Waals surface area contributed by atoms with Crippen LogP contribution in [0.2, 0.25) is 0 Å². The molecule has 8 heteroatoms. The summed E-state index contributed by atoms with van der Waals surface area (Å²) in [5.41, 5.74) is 4.33. The van der Waals surface area contributed by atoms with Crippen LogP contribution in [0.5, 0.6) is 11.5 Å². The van der Waals surface area contributed by atoms with Crippen LogP contribution in [-0.4, -0.2) is 26.1 Å². The fourth-order valence-electron chi connectivity index (χ4n) is 2.40. The SMILES string of the molecule is COc1ccc(C(=O)ONc2ccc(N=NC(=O)c3cccc(OC)c3)cc2)cc1. The van der Waals surface area contributed by atoms with Crippen LogP contribution in [-0.2, 0) is 4.84 Å². The first-order valence-electron chi connectivity index (χ1n) is 8.90. The third-order valence-electron chi connectivity index (χ3n) is 4.03. The molecule has 152 valence electrons. The number of hydrogen-bond acceptors (Lipinski definition) is 7. The Bertz CT molecular complexity index is 1050. The van der Waals surface area contributed by atoms with Crippen LogP contribution in [0.1, 0.15) is 20.7 Å². The summed E-state index contributed by atoms with van der Waals surface area (Å²) in [5, 5.41) is 7.64. The monoisotopic (exact) mass is 405 g/mol. The third-order valence-corrected chi connectivity index (χ3v) is 4.03. The van der Waals surface area contributed by atoms with Crippen molar-refractivity contribution in [3.8, 4) is 11.5 Å². The molecular formula is C22H19N3O5. The van der Waals surface area contributed by atoms with Crippen molar-refractivity contribution in [2.75, 3.05) is 19.7 Å². The van der Waals surface area contributed by atoms with E-state index < -0.39 is 11.9 Å². The van der Waals surface area contributed by atoms with Crippen molar-refractivity contribution in [1.82, 2.24) is 0 Å². The zero-order chi connectivity index (χ0) is 21.3. The minimum atomic E-state index is -0.537. The predicted octanol–water partition coefficient (Wildman–Crippen LogP) is 4.81. The summed E-state index contributed by atoms with van der Waals surface area (Å²) in [6, 6.07) is 19.8. The lowest BCUT2D eigenvalue weighted by Gasteiger charge is -2.07. The summed E-state index contributed by atoms with van der Waals surface area (Å²) in [4.78, 5) is 29.2. The van der Waals surface area contributed by atoms with E-state index in [2.05, 4.69) is 15.7 Å². The number of methoxy groups -OCH3 is 2. The average molecular weight is 405 g/mol. The largest absolute Gasteiger partial charge is 0.497 e. The Balaban J connectivity index is 1.55. The van der Waals surface area contributed by atoms with Gasteiger partial charge in [-0.15, -0.1) is 10.2 Å². The molecule has 0 radical (unpaired) electrons. The van der Waals surface area contributed by atoms with Crippen LogP contribution in [0.25, 0.3) is 0 Å². The van der Waals surface area contributed by atoms with Crippen LogP contribution >= 0.6 is 0 Å². The van der Waals surface area contributed by atoms with Crippen molar-refractivity contribution in [3.05, 3.63) is 83.9 Å². The Morgan fingerprint density at radius 1 is 0.800 bits per heavy atom. The first kappa shape index (κ1) is 20.5. The second-order valence-electron chi connectivity index (χ2n) is 6.00. The molecule has 0 fully saturated rings. The van der Waals surface area contributed by atoms with Gasteiger partial charge in [-0.1, -0.05) is 6.07 Å². The van der Waals surface area contributed by atoms with Crippen LogP contribution in [0.4, 0.5) is 11.4 Å². The van der Waals surface area contributed by atoms with E-state index >= 15 is 0 Å². The second-order valence-corrected chi connectivity index (χ2v) is 6.00. The highest BCUT2D eigenvalue weighted by Crippen LogP contribution is 2.19. The van der Waals surface area contributed by atoms with Gasteiger partial charge in [0.05, 0.1) is 31.2 Å². The van der Waals surface area contributed by atoms with E-state index in [0.717, 1.165) is 0 Å². The molecule has 0 heterocycles. The van der Waals surface area contributed by atoms with E-state index in [1.807, 2.05) is 0 Å². The highest BCUT2D eigenvalue weighted by Gasteiger charge is 2.08. The van der Waals surface area contributed by atoms with Crippen molar-refractivity contribution < 1.29 is 23.9 Å². The van der Waals surface area contributed by atoms with Crippen molar-refractivity contribution in [1.29, 1.82) is 0 Å². The molecule has 0 spiro atoms. The summed E-state index contributed by atoms with van der Waals surface area (Å²) < 4.78 is 10.1. The maximum Gasteiger partial charge on any atom is 0.362 e. The first-order valence-corrected chi connectivity index (χ1v) is 8.90. The average Bonchev–Trinajstić information content (AvgIpc) is 2.81. The molecule has 1 amide bonds. The van der Waals surface area contributed by atoms with Gasteiger partial charge in [-0.3, -0.25) is 4.79 Å². The Morgan fingerprint density at radius 3 is 2.17 bits per heavy atom. The van der Waals surface area contributed by atoms with Crippen molar-refractivity contribution in [3.63, 3.8) is 0 Å². The molecule has 0 unspecified atom stereocenters. The lowest BCUT2D eigenvalue weighted by atomic mass is 10.2. The molecule has 0 bridgehead atoms. The molecular weight excluding hydrogens is 386 g/mol. The number of carbonyl (C=O) groups excluding carboxylic acids is 2. The van der Waals surface area contributed by atoms with Gasteiger partial charge in [-0.05, 0) is 66.7 Å². The van der Waals surface area contributed by atoms with Crippen LogP contribution in [0, 0.1) is 0 Å². The summed E-state index contributed by atoms with van der Waals surface area (Å²) >= 11 is 0. The molecule has 0 aromatic heterocycles. The van der Waals surface area contributed by atoms with E-state index in [-0.39, 0.29) is 0 Å². The maximum absolute atomic E-state index is 12.1. The summed E-state index contributed by atoms with van der Waals surface area (Å²) in [6.45, 7) is 0.